The van der Waals surface area contributed by atoms with Crippen LogP contribution in [-0.2, 0) is 4.79 Å². The van der Waals surface area contributed by atoms with E-state index in [2.05, 4.69) is 17.4 Å². The van der Waals surface area contributed by atoms with Crippen LogP contribution in [0.25, 0.3) is 0 Å². The minimum absolute atomic E-state index is 0. The molecule has 150 valence electrons. The zero-order chi connectivity index (χ0) is 19.0. The van der Waals surface area contributed by atoms with E-state index in [0.717, 1.165) is 42.6 Å². The summed E-state index contributed by atoms with van der Waals surface area (Å²) < 4.78 is 5.25. The fraction of sp³-hybridized carbons (Fsp3) is 0.722. The highest BCUT2D eigenvalue weighted by molar-refractivity contribution is 14.0. The standard InChI is InChI=1S/C18H33N5O2.HI/c1-8-19-18(22(7)12-16(24)23(9-2)10-3)20-11-13(4)17-14(5)21-25-15(17)6;/h13H,8-12H2,1-7H3,(H,19,20);1H. The molecule has 26 heavy (non-hydrogen) atoms. The lowest BCUT2D eigenvalue weighted by atomic mass is 10.00. The van der Waals surface area contributed by atoms with Gasteiger partial charge in [0.05, 0.1) is 12.2 Å². The van der Waals surface area contributed by atoms with E-state index in [1.165, 1.54) is 0 Å². The monoisotopic (exact) mass is 479 g/mol. The van der Waals surface area contributed by atoms with Crippen molar-refractivity contribution in [3.8, 4) is 0 Å². The summed E-state index contributed by atoms with van der Waals surface area (Å²) in [6.45, 7) is 15.1. The van der Waals surface area contributed by atoms with Crippen LogP contribution in [0.1, 0.15) is 50.6 Å². The molecule has 1 unspecified atom stereocenters. The number of nitrogens with one attached hydrogen (secondary N) is 1. The quantitative estimate of drug-likeness (QED) is 0.353. The van der Waals surface area contributed by atoms with Crippen molar-refractivity contribution in [2.24, 2.45) is 4.99 Å². The van der Waals surface area contributed by atoms with Gasteiger partial charge < -0.3 is 19.6 Å². The molecule has 0 aliphatic rings. The lowest BCUT2D eigenvalue weighted by molar-refractivity contribution is -0.131. The third-order valence-electron chi connectivity index (χ3n) is 4.28. The van der Waals surface area contributed by atoms with Crippen molar-refractivity contribution in [1.29, 1.82) is 0 Å². The number of aromatic nitrogens is 1. The van der Waals surface area contributed by atoms with Gasteiger partial charge in [0.2, 0.25) is 5.91 Å². The molecule has 1 aromatic heterocycles. The zero-order valence-corrected chi connectivity index (χ0v) is 19.5. The minimum atomic E-state index is 0. The van der Waals surface area contributed by atoms with Gasteiger partial charge in [-0.2, -0.15) is 0 Å². The van der Waals surface area contributed by atoms with E-state index in [0.29, 0.717) is 13.1 Å². The molecule has 0 spiro atoms. The van der Waals surface area contributed by atoms with E-state index in [1.54, 1.807) is 0 Å². The molecule has 0 aliphatic carbocycles. The molecule has 1 N–H and O–H groups in total. The molecule has 0 saturated heterocycles. The second-order valence-corrected chi connectivity index (χ2v) is 6.26. The maximum absolute atomic E-state index is 12.3. The molecule has 0 aromatic carbocycles. The van der Waals surface area contributed by atoms with Crippen molar-refractivity contribution < 1.29 is 9.32 Å². The number of carbonyl (C=O) groups excluding carboxylic acids is 1. The molecule has 1 heterocycles. The highest BCUT2D eigenvalue weighted by Gasteiger charge is 2.18. The van der Waals surface area contributed by atoms with Crippen molar-refractivity contribution in [3.63, 3.8) is 0 Å². The van der Waals surface area contributed by atoms with Gasteiger partial charge in [-0.1, -0.05) is 12.1 Å². The van der Waals surface area contributed by atoms with E-state index in [1.807, 2.05) is 51.5 Å². The summed E-state index contributed by atoms with van der Waals surface area (Å²) in [5.41, 5.74) is 2.02. The fourth-order valence-corrected chi connectivity index (χ4v) is 2.93. The van der Waals surface area contributed by atoms with Crippen LogP contribution in [0.15, 0.2) is 9.52 Å². The molecule has 8 heteroatoms. The van der Waals surface area contributed by atoms with Crippen molar-refractivity contribution in [2.75, 3.05) is 39.8 Å². The normalized spacial score (nSPS) is 12.3. The molecular weight excluding hydrogens is 445 g/mol. The predicted octanol–water partition coefficient (Wildman–Crippen LogP) is 2.78. The Labute approximate surface area is 174 Å². The molecular formula is C18H34IN5O2. The number of rotatable bonds is 8. The summed E-state index contributed by atoms with van der Waals surface area (Å²) in [6, 6.07) is 0. The Bertz CT molecular complexity index is 565. The van der Waals surface area contributed by atoms with Crippen molar-refractivity contribution in [3.05, 3.63) is 17.0 Å². The molecule has 0 aliphatic heterocycles. The van der Waals surface area contributed by atoms with E-state index in [-0.39, 0.29) is 35.8 Å². The van der Waals surface area contributed by atoms with E-state index >= 15 is 0 Å². The Morgan fingerprint density at radius 1 is 1.27 bits per heavy atom. The van der Waals surface area contributed by atoms with Crippen LogP contribution >= 0.6 is 24.0 Å². The first kappa shape index (κ1) is 24.7. The number of likely N-dealkylation sites (N-methyl/N-ethyl adjacent to an activating group) is 2. The Morgan fingerprint density at radius 3 is 2.35 bits per heavy atom. The largest absolute Gasteiger partial charge is 0.361 e. The molecule has 0 radical (unpaired) electrons. The van der Waals surface area contributed by atoms with Gasteiger partial charge in [0.15, 0.2) is 5.96 Å². The highest BCUT2D eigenvalue weighted by Crippen LogP contribution is 2.23. The van der Waals surface area contributed by atoms with Gasteiger partial charge in [0.25, 0.3) is 0 Å². The van der Waals surface area contributed by atoms with E-state index < -0.39 is 0 Å². The minimum Gasteiger partial charge on any atom is -0.361 e. The molecule has 1 atom stereocenters. The van der Waals surface area contributed by atoms with Crippen LogP contribution in [0.4, 0.5) is 0 Å². The summed E-state index contributed by atoms with van der Waals surface area (Å²) in [5.74, 6) is 1.89. The molecule has 0 bridgehead atoms. The van der Waals surface area contributed by atoms with E-state index in [4.69, 9.17) is 9.52 Å². The number of hydrogen-bond acceptors (Lipinski definition) is 4. The smallest absolute Gasteiger partial charge is 0.242 e. The second kappa shape index (κ2) is 12.1. The van der Waals surface area contributed by atoms with Gasteiger partial charge in [0.1, 0.15) is 5.76 Å². The third kappa shape index (κ3) is 6.77. The van der Waals surface area contributed by atoms with Gasteiger partial charge in [0, 0.05) is 44.7 Å². The number of halogens is 1. The molecule has 7 nitrogen and oxygen atoms in total. The average molecular weight is 479 g/mol. The average Bonchev–Trinajstić information content (AvgIpc) is 2.91. The Kier molecular flexibility index (Phi) is 11.5. The van der Waals surface area contributed by atoms with Crippen LogP contribution < -0.4 is 5.32 Å². The Morgan fingerprint density at radius 2 is 1.88 bits per heavy atom. The SMILES string of the molecule is CCNC(=NCC(C)c1c(C)noc1C)N(C)CC(=O)N(CC)CC.I. The van der Waals surface area contributed by atoms with Crippen LogP contribution in [0.2, 0.25) is 0 Å². The first-order valence-electron chi connectivity index (χ1n) is 9.05. The van der Waals surface area contributed by atoms with Gasteiger partial charge in [-0.15, -0.1) is 24.0 Å². The Hall–Kier alpha value is -1.32. The number of aliphatic imine (C=N–C) groups is 1. The van der Waals surface area contributed by atoms with Crippen molar-refractivity contribution >= 4 is 35.8 Å². The lowest BCUT2D eigenvalue weighted by Crippen LogP contribution is -2.45. The van der Waals surface area contributed by atoms with Crippen LogP contribution in [0.5, 0.6) is 0 Å². The molecule has 0 saturated carbocycles. The first-order valence-corrected chi connectivity index (χ1v) is 9.05. The maximum Gasteiger partial charge on any atom is 0.242 e. The predicted molar refractivity (Wildman–Crippen MR) is 116 cm³/mol. The van der Waals surface area contributed by atoms with Gasteiger partial charge >= 0.3 is 0 Å². The number of hydrogen-bond donors (Lipinski definition) is 1. The number of guanidine groups is 1. The number of aryl methyl sites for hydroxylation is 2. The topological polar surface area (TPSA) is 74.0 Å². The summed E-state index contributed by atoms with van der Waals surface area (Å²) in [5, 5.41) is 7.27. The van der Waals surface area contributed by atoms with Gasteiger partial charge in [-0.25, -0.2) is 0 Å². The second-order valence-electron chi connectivity index (χ2n) is 6.26. The number of carbonyl (C=O) groups is 1. The first-order chi connectivity index (χ1) is 11.8. The third-order valence-corrected chi connectivity index (χ3v) is 4.28. The maximum atomic E-state index is 12.3. The highest BCUT2D eigenvalue weighted by atomic mass is 127. The zero-order valence-electron chi connectivity index (χ0n) is 17.1. The number of amides is 1. The molecule has 1 aromatic rings. The van der Waals surface area contributed by atoms with Crippen LogP contribution in [0, 0.1) is 13.8 Å². The number of nitrogens with zero attached hydrogens (tertiary/aromatic N) is 4. The van der Waals surface area contributed by atoms with Crippen LogP contribution in [0.3, 0.4) is 0 Å². The van der Waals surface area contributed by atoms with Crippen molar-refractivity contribution in [2.45, 2.75) is 47.5 Å². The van der Waals surface area contributed by atoms with Crippen LogP contribution in [-0.4, -0.2) is 66.6 Å². The molecule has 1 rings (SSSR count). The summed E-state index contributed by atoms with van der Waals surface area (Å²) >= 11 is 0. The molecule has 1 amide bonds. The Balaban J connectivity index is 0.00000625. The van der Waals surface area contributed by atoms with E-state index in [9.17, 15) is 4.79 Å². The summed E-state index contributed by atoms with van der Waals surface area (Å²) in [7, 11) is 1.89. The fourth-order valence-electron chi connectivity index (χ4n) is 2.93. The van der Waals surface area contributed by atoms with Crippen molar-refractivity contribution in [1.82, 2.24) is 20.3 Å². The molecule has 0 fully saturated rings. The van der Waals surface area contributed by atoms with Gasteiger partial charge in [-0.3, -0.25) is 9.79 Å². The summed E-state index contributed by atoms with van der Waals surface area (Å²) in [6.07, 6.45) is 0. The van der Waals surface area contributed by atoms with Gasteiger partial charge in [-0.05, 0) is 34.6 Å². The lowest BCUT2D eigenvalue weighted by Gasteiger charge is -2.26. The summed E-state index contributed by atoms with van der Waals surface area (Å²) in [4.78, 5) is 20.7.